The summed E-state index contributed by atoms with van der Waals surface area (Å²) in [6.07, 6.45) is 2.69. The van der Waals surface area contributed by atoms with E-state index in [1.165, 1.54) is 18.6 Å². The number of halogens is 1. The minimum atomic E-state index is -0.559. The number of carbonyl (C=O) groups excluding carboxylic acids is 1. The first-order valence-corrected chi connectivity index (χ1v) is 11.3. The Labute approximate surface area is 206 Å². The summed E-state index contributed by atoms with van der Waals surface area (Å²) in [7, 11) is 2.03. The molecule has 0 aliphatic carbocycles. The molecule has 1 aliphatic rings. The molecule has 11 heteroatoms. The van der Waals surface area contributed by atoms with Crippen molar-refractivity contribution in [1.29, 1.82) is 5.26 Å². The topological polar surface area (TPSA) is 123 Å². The highest BCUT2D eigenvalue weighted by Crippen LogP contribution is 2.32. The number of aryl methyl sites for hydroxylation is 1. The van der Waals surface area contributed by atoms with Crippen molar-refractivity contribution < 1.29 is 13.9 Å². The average Bonchev–Trinajstić information content (AvgIpc) is 3.27. The molecular formula is C25H23FN8O2. The van der Waals surface area contributed by atoms with E-state index in [2.05, 4.69) is 30.2 Å². The molecule has 2 N–H and O–H groups in total. The lowest BCUT2D eigenvalue weighted by atomic mass is 10.2. The molecule has 0 saturated carbocycles. The number of ether oxygens (including phenoxy) is 1. The molecule has 0 unspecified atom stereocenters. The van der Waals surface area contributed by atoms with Crippen LogP contribution < -0.4 is 10.1 Å². The summed E-state index contributed by atoms with van der Waals surface area (Å²) < 4.78 is 20.7. The quantitative estimate of drug-likeness (QED) is 0.439. The first kappa shape index (κ1) is 23.2. The fourth-order valence-corrected chi connectivity index (χ4v) is 4.02. The Hall–Kier alpha value is -4.56. The monoisotopic (exact) mass is 486 g/mol. The van der Waals surface area contributed by atoms with Crippen molar-refractivity contribution in [3.05, 3.63) is 65.5 Å². The molecule has 0 radical (unpaired) electrons. The number of likely N-dealkylation sites (N-methyl/N-ethyl adjacent to an activating group) is 1. The van der Waals surface area contributed by atoms with Crippen molar-refractivity contribution in [3.63, 3.8) is 0 Å². The van der Waals surface area contributed by atoms with Crippen molar-refractivity contribution in [3.8, 4) is 17.7 Å². The molecule has 36 heavy (non-hydrogen) atoms. The van der Waals surface area contributed by atoms with Gasteiger partial charge in [-0.05, 0) is 44.3 Å². The van der Waals surface area contributed by atoms with Crippen LogP contribution in [-0.2, 0) is 0 Å². The minimum Gasteiger partial charge on any atom is -0.434 e. The van der Waals surface area contributed by atoms with Gasteiger partial charge in [-0.3, -0.25) is 4.79 Å². The van der Waals surface area contributed by atoms with Crippen LogP contribution in [-0.4, -0.2) is 68.9 Å². The van der Waals surface area contributed by atoms with Crippen LogP contribution in [0.5, 0.6) is 11.6 Å². The third-order valence-electron chi connectivity index (χ3n) is 6.02. The number of piperazine rings is 1. The molecule has 3 aromatic heterocycles. The van der Waals surface area contributed by atoms with E-state index in [-0.39, 0.29) is 28.9 Å². The summed E-state index contributed by atoms with van der Waals surface area (Å²) in [6.45, 7) is 4.83. The first-order chi connectivity index (χ1) is 17.4. The lowest BCUT2D eigenvalue weighted by Gasteiger charge is -2.32. The number of anilines is 2. The van der Waals surface area contributed by atoms with Gasteiger partial charge in [-0.1, -0.05) is 0 Å². The van der Waals surface area contributed by atoms with Gasteiger partial charge in [0.05, 0.1) is 5.56 Å². The second-order valence-corrected chi connectivity index (χ2v) is 8.56. The van der Waals surface area contributed by atoms with Gasteiger partial charge >= 0.3 is 0 Å². The van der Waals surface area contributed by atoms with Crippen LogP contribution in [0.4, 0.5) is 16.0 Å². The number of nitrogens with one attached hydrogen (secondary N) is 2. The average molecular weight is 487 g/mol. The molecule has 0 atom stereocenters. The number of rotatable bonds is 5. The predicted octanol–water partition coefficient (Wildman–Crippen LogP) is 3.60. The van der Waals surface area contributed by atoms with Crippen LogP contribution >= 0.6 is 0 Å². The van der Waals surface area contributed by atoms with Gasteiger partial charge in [0.1, 0.15) is 18.2 Å². The van der Waals surface area contributed by atoms with Gasteiger partial charge in [0.25, 0.3) is 5.91 Å². The summed E-state index contributed by atoms with van der Waals surface area (Å²) in [5, 5.41) is 13.1. The summed E-state index contributed by atoms with van der Waals surface area (Å²) in [5.41, 5.74) is 1.92. The number of pyridine rings is 1. The predicted molar refractivity (Wildman–Crippen MR) is 131 cm³/mol. The highest BCUT2D eigenvalue weighted by molar-refractivity contribution is 5.94. The maximum Gasteiger partial charge on any atom is 0.255 e. The van der Waals surface area contributed by atoms with Crippen molar-refractivity contribution in [1.82, 2.24) is 29.7 Å². The van der Waals surface area contributed by atoms with E-state index in [1.807, 2.05) is 20.0 Å². The molecule has 10 nitrogen and oxygen atoms in total. The fraction of sp³-hybridized carbons (Fsp3) is 0.240. The number of amides is 1. The number of nitrogens with zero attached hydrogens (tertiary/aromatic N) is 6. The number of benzene rings is 1. The number of H-pyrrole nitrogens is 1. The van der Waals surface area contributed by atoms with Gasteiger partial charge in [0.15, 0.2) is 22.9 Å². The molecule has 1 aromatic carbocycles. The van der Waals surface area contributed by atoms with Crippen molar-refractivity contribution >= 4 is 28.4 Å². The Kier molecular flexibility index (Phi) is 6.18. The Bertz CT molecular complexity index is 1470. The summed E-state index contributed by atoms with van der Waals surface area (Å²) >= 11 is 0. The Morgan fingerprint density at radius 3 is 2.69 bits per heavy atom. The molecule has 1 aliphatic heterocycles. The van der Waals surface area contributed by atoms with Crippen molar-refractivity contribution in [2.45, 2.75) is 6.92 Å². The van der Waals surface area contributed by atoms with E-state index in [0.717, 1.165) is 18.8 Å². The van der Waals surface area contributed by atoms with Crippen LogP contribution in [0.25, 0.3) is 10.9 Å². The van der Waals surface area contributed by atoms with Gasteiger partial charge in [-0.2, -0.15) is 5.26 Å². The molecule has 4 heterocycles. The largest absolute Gasteiger partial charge is 0.434 e. The zero-order valence-electron chi connectivity index (χ0n) is 19.7. The molecule has 182 valence electrons. The Morgan fingerprint density at radius 1 is 1.17 bits per heavy atom. The summed E-state index contributed by atoms with van der Waals surface area (Å²) in [4.78, 5) is 32.2. The van der Waals surface area contributed by atoms with Crippen LogP contribution in [0, 0.1) is 24.1 Å². The van der Waals surface area contributed by atoms with E-state index in [0.29, 0.717) is 35.4 Å². The first-order valence-electron chi connectivity index (χ1n) is 11.3. The zero-order valence-corrected chi connectivity index (χ0v) is 19.7. The number of aromatic amines is 1. The van der Waals surface area contributed by atoms with Crippen molar-refractivity contribution in [2.24, 2.45) is 0 Å². The maximum absolute atomic E-state index is 15.0. The molecule has 5 rings (SSSR count). The number of hydrogen-bond donors (Lipinski definition) is 2. The second kappa shape index (κ2) is 9.59. The Balaban J connectivity index is 1.35. The number of carbonyl (C=O) groups is 1. The molecule has 1 saturated heterocycles. The van der Waals surface area contributed by atoms with Gasteiger partial charge < -0.3 is 24.8 Å². The Morgan fingerprint density at radius 2 is 1.97 bits per heavy atom. The van der Waals surface area contributed by atoms with E-state index in [9.17, 15) is 14.4 Å². The molecule has 0 spiro atoms. The van der Waals surface area contributed by atoms with Gasteiger partial charge in [0, 0.05) is 49.0 Å². The fourth-order valence-electron chi connectivity index (χ4n) is 4.02. The number of aromatic nitrogens is 4. The van der Waals surface area contributed by atoms with Gasteiger partial charge in [-0.25, -0.2) is 19.3 Å². The lowest BCUT2D eigenvalue weighted by Crippen LogP contribution is -2.47. The minimum absolute atomic E-state index is 0.0124. The van der Waals surface area contributed by atoms with E-state index < -0.39 is 5.82 Å². The summed E-state index contributed by atoms with van der Waals surface area (Å²) in [5.74, 6) is -0.270. The van der Waals surface area contributed by atoms with E-state index in [4.69, 9.17) is 4.74 Å². The third kappa shape index (κ3) is 4.54. The molecule has 1 amide bonds. The number of fused-ring (bicyclic) bond motifs is 1. The second-order valence-electron chi connectivity index (χ2n) is 8.56. The van der Waals surface area contributed by atoms with Crippen molar-refractivity contribution in [2.75, 3.05) is 38.5 Å². The summed E-state index contributed by atoms with van der Waals surface area (Å²) in [6, 6.07) is 10.2. The van der Waals surface area contributed by atoms with Crippen LogP contribution in [0.15, 0.2) is 42.9 Å². The van der Waals surface area contributed by atoms with Crippen LogP contribution in [0.2, 0.25) is 0 Å². The molecule has 1 fully saturated rings. The third-order valence-corrected chi connectivity index (χ3v) is 6.02. The number of nitriles is 1. The van der Waals surface area contributed by atoms with E-state index >= 15 is 0 Å². The SMILES string of the molecule is Cc1cc2c(F)c(Oc3ncnc(Nc4ccc(C(=O)N5CCN(C)CC5)cn4)c3C#N)ccc2[nH]1. The highest BCUT2D eigenvalue weighted by atomic mass is 19.1. The molecule has 0 bridgehead atoms. The number of hydrogen-bond acceptors (Lipinski definition) is 8. The molecule has 4 aromatic rings. The van der Waals surface area contributed by atoms with Crippen LogP contribution in [0.3, 0.4) is 0 Å². The van der Waals surface area contributed by atoms with E-state index in [1.54, 1.807) is 29.2 Å². The lowest BCUT2D eigenvalue weighted by molar-refractivity contribution is 0.0663. The maximum atomic E-state index is 15.0. The highest BCUT2D eigenvalue weighted by Gasteiger charge is 2.21. The van der Waals surface area contributed by atoms with Gasteiger partial charge in [-0.15, -0.1) is 0 Å². The van der Waals surface area contributed by atoms with Crippen LogP contribution in [0.1, 0.15) is 21.6 Å². The normalized spacial score (nSPS) is 14.0. The zero-order chi connectivity index (χ0) is 25.2. The molecular weight excluding hydrogens is 463 g/mol. The van der Waals surface area contributed by atoms with Gasteiger partial charge in [0.2, 0.25) is 5.88 Å². The standard InChI is InChI=1S/C25H23FN8O2/c1-15-11-17-19(31-15)4-5-20(22(17)26)36-24-18(12-27)23(29-14-30-24)32-21-6-3-16(13-28-21)25(35)34-9-7-33(2)8-10-34/h3-6,11,13-14,31H,7-10H2,1-2H3,(H,28,29,30,32). The smallest absolute Gasteiger partial charge is 0.255 e.